The predicted octanol–water partition coefficient (Wildman–Crippen LogP) is 3.02. The van der Waals surface area contributed by atoms with Gasteiger partial charge >= 0.3 is 0 Å². The fourth-order valence-electron chi connectivity index (χ4n) is 1.91. The quantitative estimate of drug-likeness (QED) is 0.774. The van der Waals surface area contributed by atoms with Crippen molar-refractivity contribution in [3.8, 4) is 12.3 Å². The zero-order valence-electron chi connectivity index (χ0n) is 13.4. The van der Waals surface area contributed by atoms with Crippen molar-refractivity contribution in [3.63, 3.8) is 0 Å². The molecule has 0 aliphatic carbocycles. The van der Waals surface area contributed by atoms with Crippen molar-refractivity contribution in [2.75, 3.05) is 25.0 Å². The maximum atomic E-state index is 5.38. The van der Waals surface area contributed by atoms with Gasteiger partial charge in [-0.3, -0.25) is 0 Å². The highest BCUT2D eigenvalue weighted by atomic mass is 15.2. The standard InChI is InChI=1S/C17H27N3/c1-7-8-20(6)17-10-15(12-18-11-13(2)3)9-16(19-17)14(4)5/h1,9-10,13-14,18H,8,11-12H2,2-6H3. The Kier molecular flexibility index (Phi) is 6.54. The molecule has 110 valence electrons. The Morgan fingerprint density at radius 2 is 2.00 bits per heavy atom. The van der Waals surface area contributed by atoms with Crippen LogP contribution in [0.4, 0.5) is 5.82 Å². The van der Waals surface area contributed by atoms with Crippen molar-refractivity contribution >= 4 is 5.82 Å². The van der Waals surface area contributed by atoms with E-state index in [-0.39, 0.29) is 0 Å². The first kappa shape index (κ1) is 16.5. The number of hydrogen-bond donors (Lipinski definition) is 1. The van der Waals surface area contributed by atoms with Crippen LogP contribution in [0.2, 0.25) is 0 Å². The summed E-state index contributed by atoms with van der Waals surface area (Å²) in [7, 11) is 1.98. The van der Waals surface area contributed by atoms with Crippen LogP contribution >= 0.6 is 0 Å². The molecule has 1 N–H and O–H groups in total. The lowest BCUT2D eigenvalue weighted by Gasteiger charge is -2.19. The number of terminal acetylenes is 1. The van der Waals surface area contributed by atoms with E-state index >= 15 is 0 Å². The Morgan fingerprint density at radius 1 is 1.30 bits per heavy atom. The van der Waals surface area contributed by atoms with Crippen molar-refractivity contribution in [2.24, 2.45) is 5.92 Å². The summed E-state index contributed by atoms with van der Waals surface area (Å²) in [5.74, 6) is 4.69. The molecule has 0 aromatic carbocycles. The second kappa shape index (κ2) is 7.91. The lowest BCUT2D eigenvalue weighted by molar-refractivity contribution is 0.552. The van der Waals surface area contributed by atoms with Crippen LogP contribution in [0.5, 0.6) is 0 Å². The van der Waals surface area contributed by atoms with E-state index in [0.29, 0.717) is 18.4 Å². The minimum atomic E-state index is 0.415. The van der Waals surface area contributed by atoms with Crippen LogP contribution in [0, 0.1) is 18.3 Å². The Labute approximate surface area is 123 Å². The molecular weight excluding hydrogens is 246 g/mol. The third-order valence-corrected chi connectivity index (χ3v) is 3.08. The molecule has 0 saturated heterocycles. The van der Waals surface area contributed by atoms with Gasteiger partial charge in [-0.2, -0.15) is 0 Å². The van der Waals surface area contributed by atoms with Gasteiger partial charge in [0.1, 0.15) is 5.82 Å². The Hall–Kier alpha value is -1.53. The van der Waals surface area contributed by atoms with Crippen LogP contribution in [0.1, 0.15) is 44.9 Å². The second-order valence-electron chi connectivity index (χ2n) is 6.00. The van der Waals surface area contributed by atoms with Crippen LogP contribution in [-0.2, 0) is 6.54 Å². The molecule has 20 heavy (non-hydrogen) atoms. The first-order valence-electron chi connectivity index (χ1n) is 7.30. The van der Waals surface area contributed by atoms with E-state index in [1.54, 1.807) is 0 Å². The highest BCUT2D eigenvalue weighted by molar-refractivity contribution is 5.43. The number of nitrogens with zero attached hydrogens (tertiary/aromatic N) is 2. The van der Waals surface area contributed by atoms with Gasteiger partial charge in [0.05, 0.1) is 6.54 Å². The van der Waals surface area contributed by atoms with Crippen LogP contribution in [0.25, 0.3) is 0 Å². The van der Waals surface area contributed by atoms with Gasteiger partial charge in [-0.25, -0.2) is 4.98 Å². The first-order chi connectivity index (χ1) is 9.43. The molecule has 0 aliphatic rings. The molecule has 0 unspecified atom stereocenters. The molecule has 1 rings (SSSR count). The van der Waals surface area contributed by atoms with Crippen molar-refractivity contribution in [1.29, 1.82) is 0 Å². The maximum absolute atomic E-state index is 5.38. The molecule has 1 heterocycles. The van der Waals surface area contributed by atoms with Gasteiger partial charge in [0.25, 0.3) is 0 Å². The summed E-state index contributed by atoms with van der Waals surface area (Å²) in [4.78, 5) is 6.71. The van der Waals surface area contributed by atoms with E-state index < -0.39 is 0 Å². The molecule has 1 aromatic heterocycles. The zero-order valence-corrected chi connectivity index (χ0v) is 13.4. The number of pyridine rings is 1. The van der Waals surface area contributed by atoms with Gasteiger partial charge in [0, 0.05) is 19.3 Å². The van der Waals surface area contributed by atoms with Gasteiger partial charge in [-0.1, -0.05) is 33.6 Å². The minimum Gasteiger partial charge on any atom is -0.349 e. The van der Waals surface area contributed by atoms with Gasteiger partial charge in [-0.15, -0.1) is 6.42 Å². The topological polar surface area (TPSA) is 28.2 Å². The highest BCUT2D eigenvalue weighted by Gasteiger charge is 2.09. The zero-order chi connectivity index (χ0) is 15.1. The van der Waals surface area contributed by atoms with Gasteiger partial charge in [0.15, 0.2) is 0 Å². The minimum absolute atomic E-state index is 0.415. The van der Waals surface area contributed by atoms with Crippen molar-refractivity contribution < 1.29 is 0 Å². The smallest absolute Gasteiger partial charge is 0.129 e. The first-order valence-corrected chi connectivity index (χ1v) is 7.30. The normalized spacial score (nSPS) is 10.9. The number of aromatic nitrogens is 1. The Balaban J connectivity index is 2.90. The van der Waals surface area contributed by atoms with Gasteiger partial charge < -0.3 is 10.2 Å². The third-order valence-electron chi connectivity index (χ3n) is 3.08. The summed E-state index contributed by atoms with van der Waals surface area (Å²) < 4.78 is 0. The Morgan fingerprint density at radius 3 is 2.55 bits per heavy atom. The average Bonchev–Trinajstić information content (AvgIpc) is 2.38. The summed E-state index contributed by atoms with van der Waals surface area (Å²) in [5, 5.41) is 3.48. The third kappa shape index (κ3) is 5.22. The SMILES string of the molecule is C#CCN(C)c1cc(CNCC(C)C)cc(C(C)C)n1. The Bertz CT molecular complexity index is 458. The van der Waals surface area contributed by atoms with E-state index in [2.05, 4.69) is 51.1 Å². The average molecular weight is 273 g/mol. The molecule has 0 saturated carbocycles. The van der Waals surface area contributed by atoms with E-state index in [1.165, 1.54) is 5.56 Å². The number of nitrogens with one attached hydrogen (secondary N) is 1. The molecule has 0 spiro atoms. The van der Waals surface area contributed by atoms with E-state index in [1.807, 2.05) is 11.9 Å². The van der Waals surface area contributed by atoms with Gasteiger partial charge in [-0.05, 0) is 36.1 Å². The van der Waals surface area contributed by atoms with Gasteiger partial charge in [0.2, 0.25) is 0 Å². The molecule has 0 amide bonds. The molecule has 1 aromatic rings. The van der Waals surface area contributed by atoms with Crippen LogP contribution in [0.15, 0.2) is 12.1 Å². The summed E-state index contributed by atoms with van der Waals surface area (Å²) in [6.45, 7) is 11.2. The largest absolute Gasteiger partial charge is 0.349 e. The van der Waals surface area contributed by atoms with Crippen molar-refractivity contribution in [3.05, 3.63) is 23.4 Å². The molecule has 0 atom stereocenters. The van der Waals surface area contributed by atoms with Crippen molar-refractivity contribution in [1.82, 2.24) is 10.3 Å². The second-order valence-corrected chi connectivity index (χ2v) is 6.00. The number of hydrogen-bond acceptors (Lipinski definition) is 3. The summed E-state index contributed by atoms with van der Waals surface area (Å²) in [6.07, 6.45) is 5.38. The predicted molar refractivity (Wildman–Crippen MR) is 87.0 cm³/mol. The summed E-state index contributed by atoms with van der Waals surface area (Å²) in [5.41, 5.74) is 2.39. The lowest BCUT2D eigenvalue weighted by atomic mass is 10.1. The van der Waals surface area contributed by atoms with Crippen LogP contribution < -0.4 is 10.2 Å². The monoisotopic (exact) mass is 273 g/mol. The highest BCUT2D eigenvalue weighted by Crippen LogP contribution is 2.19. The summed E-state index contributed by atoms with van der Waals surface area (Å²) in [6, 6.07) is 4.31. The lowest BCUT2D eigenvalue weighted by Crippen LogP contribution is -2.22. The molecule has 0 aliphatic heterocycles. The molecule has 3 heteroatoms. The van der Waals surface area contributed by atoms with Crippen LogP contribution in [-0.4, -0.2) is 25.1 Å². The molecule has 0 bridgehead atoms. The molecule has 0 radical (unpaired) electrons. The van der Waals surface area contributed by atoms with E-state index in [4.69, 9.17) is 11.4 Å². The van der Waals surface area contributed by atoms with Crippen LogP contribution in [0.3, 0.4) is 0 Å². The van der Waals surface area contributed by atoms with E-state index in [0.717, 1.165) is 24.6 Å². The molecule has 0 fully saturated rings. The fourth-order valence-corrected chi connectivity index (χ4v) is 1.91. The number of anilines is 1. The maximum Gasteiger partial charge on any atom is 0.129 e. The van der Waals surface area contributed by atoms with Crippen molar-refractivity contribution in [2.45, 2.75) is 40.2 Å². The fraction of sp³-hybridized carbons (Fsp3) is 0.588. The van der Waals surface area contributed by atoms with E-state index in [9.17, 15) is 0 Å². The summed E-state index contributed by atoms with van der Waals surface area (Å²) >= 11 is 0. The molecule has 3 nitrogen and oxygen atoms in total. The number of rotatable bonds is 7. The molecular formula is C17H27N3.